The second kappa shape index (κ2) is 6.96. The highest BCUT2D eigenvalue weighted by atomic mass is 32.2. The Morgan fingerprint density at radius 2 is 1.85 bits per heavy atom. The van der Waals surface area contributed by atoms with Gasteiger partial charge in [-0.25, -0.2) is 23.1 Å². The molecule has 1 heterocycles. The van der Waals surface area contributed by atoms with Crippen molar-refractivity contribution in [3.05, 3.63) is 12.4 Å². The summed E-state index contributed by atoms with van der Waals surface area (Å²) in [6, 6.07) is 0. The van der Waals surface area contributed by atoms with Crippen molar-refractivity contribution in [2.45, 2.75) is 38.2 Å². The zero-order chi connectivity index (χ0) is 15.2. The minimum Gasteiger partial charge on any atom is -0.375 e. The predicted octanol–water partition coefficient (Wildman–Crippen LogP) is 1.00. The lowest BCUT2D eigenvalue weighted by Crippen LogP contribution is -2.40. The Morgan fingerprint density at radius 1 is 1.25 bits per heavy atom. The molecule has 0 bridgehead atoms. The lowest BCUT2D eigenvalue weighted by molar-refractivity contribution is -0.00515. The summed E-state index contributed by atoms with van der Waals surface area (Å²) >= 11 is 0. The first-order valence-electron chi connectivity index (χ1n) is 6.50. The zero-order valence-corrected chi connectivity index (χ0v) is 13.1. The van der Waals surface area contributed by atoms with Gasteiger partial charge in [-0.1, -0.05) is 0 Å². The lowest BCUT2D eigenvalue weighted by Gasteiger charge is -2.24. The van der Waals surface area contributed by atoms with E-state index in [0.29, 0.717) is 19.1 Å². The summed E-state index contributed by atoms with van der Waals surface area (Å²) in [5, 5.41) is 2.90. The van der Waals surface area contributed by atoms with Gasteiger partial charge >= 0.3 is 0 Å². The van der Waals surface area contributed by atoms with Crippen LogP contribution in [0.4, 0.5) is 5.95 Å². The average molecular weight is 302 g/mol. The SMILES string of the molecule is CCNc1ncc(S(=O)(=O)NCC(C)(C)OCC)cn1. The van der Waals surface area contributed by atoms with Crippen LogP contribution < -0.4 is 10.0 Å². The van der Waals surface area contributed by atoms with Crippen LogP contribution in [0.1, 0.15) is 27.7 Å². The third kappa shape index (κ3) is 5.03. The van der Waals surface area contributed by atoms with Crippen LogP contribution in [0.2, 0.25) is 0 Å². The van der Waals surface area contributed by atoms with Crippen molar-refractivity contribution < 1.29 is 13.2 Å². The molecule has 1 aromatic rings. The number of hydrogen-bond acceptors (Lipinski definition) is 6. The van der Waals surface area contributed by atoms with Crippen LogP contribution in [0.25, 0.3) is 0 Å². The van der Waals surface area contributed by atoms with E-state index in [1.165, 1.54) is 12.4 Å². The number of rotatable bonds is 8. The van der Waals surface area contributed by atoms with E-state index in [1.807, 2.05) is 27.7 Å². The van der Waals surface area contributed by atoms with E-state index in [1.54, 1.807) is 0 Å². The molecule has 0 spiro atoms. The van der Waals surface area contributed by atoms with Gasteiger partial charge in [0.05, 0.1) is 18.0 Å². The van der Waals surface area contributed by atoms with Crippen molar-refractivity contribution in [3.8, 4) is 0 Å². The number of anilines is 1. The van der Waals surface area contributed by atoms with Gasteiger partial charge in [0.2, 0.25) is 16.0 Å². The molecule has 8 heteroatoms. The summed E-state index contributed by atoms with van der Waals surface area (Å²) in [4.78, 5) is 7.92. The second-order valence-corrected chi connectivity index (χ2v) is 6.56. The Balaban J connectivity index is 2.73. The van der Waals surface area contributed by atoms with E-state index in [9.17, 15) is 8.42 Å². The van der Waals surface area contributed by atoms with E-state index in [4.69, 9.17) is 4.74 Å². The van der Waals surface area contributed by atoms with Crippen LogP contribution in [0.5, 0.6) is 0 Å². The number of nitrogens with one attached hydrogen (secondary N) is 2. The first kappa shape index (κ1) is 16.8. The molecule has 0 radical (unpaired) electrons. The summed E-state index contributed by atoms with van der Waals surface area (Å²) in [5.41, 5.74) is -0.563. The van der Waals surface area contributed by atoms with Crippen molar-refractivity contribution in [1.82, 2.24) is 14.7 Å². The Morgan fingerprint density at radius 3 is 2.35 bits per heavy atom. The van der Waals surface area contributed by atoms with Crippen LogP contribution in [0, 0.1) is 0 Å². The molecule has 0 fully saturated rings. The maximum absolute atomic E-state index is 12.1. The molecule has 0 amide bonds. The van der Waals surface area contributed by atoms with Gasteiger partial charge in [-0.15, -0.1) is 0 Å². The molecule has 1 rings (SSSR count). The van der Waals surface area contributed by atoms with E-state index in [2.05, 4.69) is 20.0 Å². The zero-order valence-electron chi connectivity index (χ0n) is 12.3. The Hall–Kier alpha value is -1.25. The van der Waals surface area contributed by atoms with Crippen LogP contribution in [-0.4, -0.2) is 43.7 Å². The van der Waals surface area contributed by atoms with Crippen molar-refractivity contribution in [2.24, 2.45) is 0 Å². The minimum atomic E-state index is -3.63. The third-order valence-corrected chi connectivity index (χ3v) is 3.85. The first-order chi connectivity index (χ1) is 9.30. The van der Waals surface area contributed by atoms with Crippen LogP contribution in [0.15, 0.2) is 17.3 Å². The Bertz CT molecular complexity index is 514. The molecule has 0 aliphatic heterocycles. The standard InChI is InChI=1S/C12H22N4O3S/c1-5-13-11-14-7-10(8-15-11)20(17,18)16-9-12(3,4)19-6-2/h7-8,16H,5-6,9H2,1-4H3,(H,13,14,15). The predicted molar refractivity (Wildman–Crippen MR) is 77.1 cm³/mol. The quantitative estimate of drug-likeness (QED) is 0.744. The fraction of sp³-hybridized carbons (Fsp3) is 0.667. The summed E-state index contributed by atoms with van der Waals surface area (Å²) in [6.45, 7) is 8.79. The van der Waals surface area contributed by atoms with Gasteiger partial charge in [0, 0.05) is 19.7 Å². The highest BCUT2D eigenvalue weighted by Crippen LogP contribution is 2.11. The molecular weight excluding hydrogens is 280 g/mol. The lowest BCUT2D eigenvalue weighted by atomic mass is 10.1. The summed E-state index contributed by atoms with van der Waals surface area (Å²) in [5.74, 6) is 0.404. The number of hydrogen-bond donors (Lipinski definition) is 2. The molecule has 1 aromatic heterocycles. The summed E-state index contributed by atoms with van der Waals surface area (Å²) < 4.78 is 32.1. The number of ether oxygens (including phenoxy) is 1. The topological polar surface area (TPSA) is 93.2 Å². The molecule has 0 saturated carbocycles. The van der Waals surface area contributed by atoms with E-state index >= 15 is 0 Å². The van der Waals surface area contributed by atoms with Crippen LogP contribution in [-0.2, 0) is 14.8 Å². The Kier molecular flexibility index (Phi) is 5.85. The van der Waals surface area contributed by atoms with Crippen molar-refractivity contribution in [1.29, 1.82) is 0 Å². The maximum atomic E-state index is 12.1. The van der Waals surface area contributed by atoms with Gasteiger partial charge in [-0.2, -0.15) is 0 Å². The highest BCUT2D eigenvalue weighted by molar-refractivity contribution is 7.89. The van der Waals surface area contributed by atoms with Gasteiger partial charge in [-0.3, -0.25) is 0 Å². The van der Waals surface area contributed by atoms with Crippen molar-refractivity contribution >= 4 is 16.0 Å². The largest absolute Gasteiger partial charge is 0.375 e. The van der Waals surface area contributed by atoms with Gasteiger partial charge in [0.25, 0.3) is 0 Å². The smallest absolute Gasteiger partial charge is 0.243 e. The van der Waals surface area contributed by atoms with Crippen LogP contribution >= 0.6 is 0 Å². The van der Waals surface area contributed by atoms with E-state index in [-0.39, 0.29) is 11.4 Å². The molecule has 0 aliphatic rings. The van der Waals surface area contributed by atoms with Crippen LogP contribution in [0.3, 0.4) is 0 Å². The molecular formula is C12H22N4O3S. The number of aromatic nitrogens is 2. The first-order valence-corrected chi connectivity index (χ1v) is 7.98. The van der Waals surface area contributed by atoms with Gasteiger partial charge in [-0.05, 0) is 27.7 Å². The van der Waals surface area contributed by atoms with E-state index < -0.39 is 15.6 Å². The monoisotopic (exact) mass is 302 g/mol. The van der Waals surface area contributed by atoms with E-state index in [0.717, 1.165) is 0 Å². The fourth-order valence-electron chi connectivity index (χ4n) is 1.50. The second-order valence-electron chi connectivity index (χ2n) is 4.79. The summed E-state index contributed by atoms with van der Waals surface area (Å²) in [7, 11) is -3.63. The minimum absolute atomic E-state index is 0.0338. The highest BCUT2D eigenvalue weighted by Gasteiger charge is 2.22. The van der Waals surface area contributed by atoms with Gasteiger partial charge in [0.15, 0.2) is 0 Å². The molecule has 0 aromatic carbocycles. The average Bonchev–Trinajstić information content (AvgIpc) is 2.38. The van der Waals surface area contributed by atoms with Gasteiger partial charge in [0.1, 0.15) is 4.90 Å². The molecule has 0 aliphatic carbocycles. The number of nitrogens with zero attached hydrogens (tertiary/aromatic N) is 2. The molecule has 20 heavy (non-hydrogen) atoms. The Labute approximate surface area is 120 Å². The molecule has 7 nitrogen and oxygen atoms in total. The molecule has 0 unspecified atom stereocenters. The molecule has 0 saturated heterocycles. The third-order valence-electron chi connectivity index (χ3n) is 2.50. The van der Waals surface area contributed by atoms with Crippen molar-refractivity contribution in [3.63, 3.8) is 0 Å². The molecule has 2 N–H and O–H groups in total. The maximum Gasteiger partial charge on any atom is 0.243 e. The number of sulfonamides is 1. The normalized spacial score (nSPS) is 12.4. The van der Waals surface area contributed by atoms with Gasteiger partial charge < -0.3 is 10.1 Å². The summed E-state index contributed by atoms with van der Waals surface area (Å²) in [6.07, 6.45) is 2.56. The molecule has 114 valence electrons. The van der Waals surface area contributed by atoms with Crippen molar-refractivity contribution in [2.75, 3.05) is 25.0 Å². The fourth-order valence-corrected chi connectivity index (χ4v) is 2.59. The molecule has 0 atom stereocenters.